The van der Waals surface area contributed by atoms with Gasteiger partial charge in [-0.25, -0.2) is 0 Å². The van der Waals surface area contributed by atoms with Gasteiger partial charge in [-0.15, -0.1) is 0 Å². The molecule has 1 atom stereocenters. The van der Waals surface area contributed by atoms with E-state index in [-0.39, 0.29) is 17.0 Å². The molecule has 0 aromatic heterocycles. The van der Waals surface area contributed by atoms with E-state index in [0.717, 1.165) is 5.56 Å². The smallest absolute Gasteiger partial charge is 0.265 e. The van der Waals surface area contributed by atoms with Gasteiger partial charge < -0.3 is 15.2 Å². The van der Waals surface area contributed by atoms with Crippen molar-refractivity contribution in [3.63, 3.8) is 0 Å². The standard InChI is InChI=1S/C20H27NO5S/c1-14-5-8-17(9-6-14)26-19-10-7-15(11-18(19)22)16(13-27(23,24)25)12-21-20(2,3)4/h5-11,16,21-22H,12-13H2,1-4H3,(H,23,24,25). The lowest BCUT2D eigenvalue weighted by atomic mass is 9.98. The van der Waals surface area contributed by atoms with Gasteiger partial charge in [0.15, 0.2) is 11.5 Å². The van der Waals surface area contributed by atoms with E-state index in [1.54, 1.807) is 24.3 Å². The average Bonchev–Trinajstić information content (AvgIpc) is 2.53. The number of hydrogen-bond donors (Lipinski definition) is 3. The molecular formula is C20H27NO5S. The number of phenolic OH excluding ortho intramolecular Hbond substituents is 1. The predicted molar refractivity (Wildman–Crippen MR) is 106 cm³/mol. The van der Waals surface area contributed by atoms with Crippen LogP contribution in [-0.2, 0) is 10.1 Å². The summed E-state index contributed by atoms with van der Waals surface area (Å²) in [5.41, 5.74) is 1.48. The molecule has 27 heavy (non-hydrogen) atoms. The second kappa shape index (κ2) is 8.29. The highest BCUT2D eigenvalue weighted by Gasteiger charge is 2.22. The molecule has 1 unspecified atom stereocenters. The Labute approximate surface area is 160 Å². The molecule has 0 aliphatic heterocycles. The van der Waals surface area contributed by atoms with E-state index in [9.17, 15) is 18.1 Å². The summed E-state index contributed by atoms with van der Waals surface area (Å²) in [6.45, 7) is 8.20. The van der Waals surface area contributed by atoms with Gasteiger partial charge >= 0.3 is 0 Å². The Hall–Kier alpha value is -2.09. The zero-order chi connectivity index (χ0) is 20.2. The summed E-state index contributed by atoms with van der Waals surface area (Å²) in [5, 5.41) is 13.6. The predicted octanol–water partition coefficient (Wildman–Crippen LogP) is 3.85. The molecule has 0 heterocycles. The fourth-order valence-corrected chi connectivity index (χ4v) is 3.38. The molecule has 2 rings (SSSR count). The largest absolute Gasteiger partial charge is 0.504 e. The van der Waals surface area contributed by atoms with Crippen LogP contribution in [0.3, 0.4) is 0 Å². The molecule has 0 fully saturated rings. The van der Waals surface area contributed by atoms with Crippen molar-refractivity contribution in [2.75, 3.05) is 12.3 Å². The van der Waals surface area contributed by atoms with Crippen LogP contribution >= 0.6 is 0 Å². The maximum Gasteiger partial charge on any atom is 0.265 e. The van der Waals surface area contributed by atoms with E-state index in [2.05, 4.69) is 5.32 Å². The maximum absolute atomic E-state index is 11.4. The highest BCUT2D eigenvalue weighted by Crippen LogP contribution is 2.33. The molecule has 0 saturated heterocycles. The molecule has 0 radical (unpaired) electrons. The first-order valence-electron chi connectivity index (χ1n) is 8.70. The number of phenols is 1. The van der Waals surface area contributed by atoms with Gasteiger partial charge in [-0.05, 0) is 57.5 Å². The Morgan fingerprint density at radius 3 is 2.26 bits per heavy atom. The maximum atomic E-state index is 11.4. The Balaban J connectivity index is 2.23. The zero-order valence-corrected chi connectivity index (χ0v) is 16.9. The molecule has 0 bridgehead atoms. The van der Waals surface area contributed by atoms with Crippen LogP contribution < -0.4 is 10.1 Å². The van der Waals surface area contributed by atoms with Crippen molar-refractivity contribution >= 4 is 10.1 Å². The molecule has 2 aromatic carbocycles. The summed E-state index contributed by atoms with van der Waals surface area (Å²) in [6, 6.07) is 12.2. The number of nitrogens with one attached hydrogen (secondary N) is 1. The highest BCUT2D eigenvalue weighted by molar-refractivity contribution is 7.85. The van der Waals surface area contributed by atoms with Crippen molar-refractivity contribution < 1.29 is 22.8 Å². The molecule has 0 amide bonds. The Morgan fingerprint density at radius 1 is 1.11 bits per heavy atom. The minimum atomic E-state index is -4.17. The molecular weight excluding hydrogens is 366 g/mol. The highest BCUT2D eigenvalue weighted by atomic mass is 32.2. The van der Waals surface area contributed by atoms with E-state index >= 15 is 0 Å². The van der Waals surface area contributed by atoms with E-state index in [1.807, 2.05) is 39.8 Å². The van der Waals surface area contributed by atoms with Crippen LogP contribution in [0.1, 0.15) is 37.8 Å². The van der Waals surface area contributed by atoms with Crippen LogP contribution in [-0.4, -0.2) is 35.9 Å². The zero-order valence-electron chi connectivity index (χ0n) is 16.1. The third-order valence-electron chi connectivity index (χ3n) is 3.99. The van der Waals surface area contributed by atoms with Crippen molar-refractivity contribution in [1.82, 2.24) is 5.32 Å². The third-order valence-corrected chi connectivity index (χ3v) is 4.82. The van der Waals surface area contributed by atoms with Crippen molar-refractivity contribution in [2.24, 2.45) is 0 Å². The fraction of sp³-hybridized carbons (Fsp3) is 0.400. The first kappa shape index (κ1) is 21.2. The third kappa shape index (κ3) is 7.21. The molecule has 148 valence electrons. The minimum Gasteiger partial charge on any atom is -0.504 e. The van der Waals surface area contributed by atoms with Crippen molar-refractivity contribution in [2.45, 2.75) is 39.2 Å². The average molecular weight is 394 g/mol. The molecule has 3 N–H and O–H groups in total. The van der Waals surface area contributed by atoms with Gasteiger partial charge in [-0.3, -0.25) is 4.55 Å². The summed E-state index contributed by atoms with van der Waals surface area (Å²) in [7, 11) is -4.17. The van der Waals surface area contributed by atoms with Gasteiger partial charge in [-0.1, -0.05) is 23.8 Å². The van der Waals surface area contributed by atoms with E-state index < -0.39 is 21.8 Å². The van der Waals surface area contributed by atoms with Crippen LogP contribution in [0.4, 0.5) is 0 Å². The normalized spacial score (nSPS) is 13.4. The number of ether oxygens (including phenoxy) is 1. The van der Waals surface area contributed by atoms with Gasteiger partial charge in [0.1, 0.15) is 5.75 Å². The summed E-state index contributed by atoms with van der Waals surface area (Å²) in [6.07, 6.45) is 0. The van der Waals surface area contributed by atoms with Crippen molar-refractivity contribution in [3.05, 3.63) is 53.6 Å². The van der Waals surface area contributed by atoms with Gasteiger partial charge in [-0.2, -0.15) is 8.42 Å². The van der Waals surface area contributed by atoms with Crippen LogP contribution in [0.25, 0.3) is 0 Å². The van der Waals surface area contributed by atoms with Crippen LogP contribution in [0.15, 0.2) is 42.5 Å². The summed E-state index contributed by atoms with van der Waals surface area (Å²) < 4.78 is 37.8. The van der Waals surface area contributed by atoms with Gasteiger partial charge in [0.25, 0.3) is 10.1 Å². The molecule has 0 aliphatic rings. The van der Waals surface area contributed by atoms with Gasteiger partial charge in [0, 0.05) is 18.0 Å². The van der Waals surface area contributed by atoms with Crippen LogP contribution in [0.5, 0.6) is 17.2 Å². The van der Waals surface area contributed by atoms with Crippen LogP contribution in [0.2, 0.25) is 0 Å². The number of hydrogen-bond acceptors (Lipinski definition) is 5. The lowest BCUT2D eigenvalue weighted by Crippen LogP contribution is -2.39. The molecule has 2 aromatic rings. The van der Waals surface area contributed by atoms with Crippen molar-refractivity contribution in [1.29, 1.82) is 0 Å². The monoisotopic (exact) mass is 393 g/mol. The Bertz CT molecular complexity index is 870. The van der Waals surface area contributed by atoms with E-state index in [0.29, 0.717) is 17.9 Å². The Morgan fingerprint density at radius 2 is 1.74 bits per heavy atom. The molecule has 0 spiro atoms. The van der Waals surface area contributed by atoms with Gasteiger partial charge in [0.05, 0.1) is 5.75 Å². The first-order chi connectivity index (χ1) is 12.4. The van der Waals surface area contributed by atoms with Gasteiger partial charge in [0.2, 0.25) is 0 Å². The van der Waals surface area contributed by atoms with Crippen LogP contribution in [0, 0.1) is 6.92 Å². The van der Waals surface area contributed by atoms with E-state index in [4.69, 9.17) is 4.74 Å². The lowest BCUT2D eigenvalue weighted by Gasteiger charge is -2.25. The summed E-state index contributed by atoms with van der Waals surface area (Å²) in [4.78, 5) is 0. The fourth-order valence-electron chi connectivity index (χ4n) is 2.56. The lowest BCUT2D eigenvalue weighted by molar-refractivity contribution is 0.401. The molecule has 0 saturated carbocycles. The number of benzene rings is 2. The second-order valence-electron chi connectivity index (χ2n) is 7.72. The molecule has 6 nitrogen and oxygen atoms in total. The SMILES string of the molecule is Cc1ccc(Oc2ccc(C(CNC(C)(C)C)CS(=O)(=O)O)cc2O)cc1. The number of aromatic hydroxyl groups is 1. The van der Waals surface area contributed by atoms with Crippen molar-refractivity contribution in [3.8, 4) is 17.2 Å². The second-order valence-corrected chi connectivity index (χ2v) is 9.22. The number of aryl methyl sites for hydroxylation is 1. The first-order valence-corrected chi connectivity index (χ1v) is 10.3. The minimum absolute atomic E-state index is 0.0934. The quantitative estimate of drug-likeness (QED) is 0.618. The Kier molecular flexibility index (Phi) is 6.51. The summed E-state index contributed by atoms with van der Waals surface area (Å²) in [5.74, 6) is -0.180. The molecule has 7 heteroatoms. The number of rotatable bonds is 7. The van der Waals surface area contributed by atoms with E-state index in [1.165, 1.54) is 6.07 Å². The topological polar surface area (TPSA) is 95.9 Å². The summed E-state index contributed by atoms with van der Waals surface area (Å²) >= 11 is 0. The molecule has 0 aliphatic carbocycles.